The number of ether oxygens (including phenoxy) is 1. The minimum absolute atomic E-state index is 0. The number of halogens is 1. The van der Waals surface area contributed by atoms with E-state index in [2.05, 4.69) is 49.4 Å². The van der Waals surface area contributed by atoms with E-state index in [0.717, 1.165) is 23.4 Å². The van der Waals surface area contributed by atoms with E-state index in [1.807, 2.05) is 30.5 Å². The number of pyridine rings is 1. The predicted octanol–water partition coefficient (Wildman–Crippen LogP) is 3.97. The molecule has 0 aliphatic rings. The van der Waals surface area contributed by atoms with Gasteiger partial charge in [-0.1, -0.05) is 39.0 Å². The first-order chi connectivity index (χ1) is 12.0. The van der Waals surface area contributed by atoms with E-state index >= 15 is 0 Å². The monoisotopic (exact) mass is 470 g/mol. The normalized spacial score (nSPS) is 13.2. The molecule has 144 valence electrons. The number of rotatable bonds is 6. The molecule has 1 unspecified atom stereocenters. The first-order valence-corrected chi connectivity index (χ1v) is 8.83. The maximum Gasteiger partial charge on any atom is 0.191 e. The number of guanidine groups is 1. The van der Waals surface area contributed by atoms with E-state index in [1.165, 1.54) is 5.56 Å². The number of para-hydroxylation sites is 1. The number of aromatic nitrogens is 1. The van der Waals surface area contributed by atoms with Crippen LogP contribution < -0.4 is 10.6 Å². The van der Waals surface area contributed by atoms with E-state index < -0.39 is 0 Å². The molecule has 0 amide bonds. The lowest BCUT2D eigenvalue weighted by atomic mass is 9.89. The summed E-state index contributed by atoms with van der Waals surface area (Å²) in [4.78, 5) is 9.14. The number of hydrogen-bond acceptors (Lipinski definition) is 3. The molecule has 0 spiro atoms. The van der Waals surface area contributed by atoms with Gasteiger partial charge in [-0.25, -0.2) is 4.99 Å². The highest BCUT2D eigenvalue weighted by Crippen LogP contribution is 2.21. The number of benzene rings is 1. The summed E-state index contributed by atoms with van der Waals surface area (Å²) in [5.41, 5.74) is 2.24. The van der Waals surface area contributed by atoms with Gasteiger partial charge in [0, 0.05) is 31.8 Å². The summed E-state index contributed by atoms with van der Waals surface area (Å²) in [6.07, 6.45) is 1.95. The van der Waals surface area contributed by atoms with E-state index in [9.17, 15) is 0 Å². The van der Waals surface area contributed by atoms with Crippen molar-refractivity contribution < 1.29 is 4.74 Å². The van der Waals surface area contributed by atoms with Gasteiger partial charge in [0.05, 0.1) is 18.2 Å². The zero-order valence-corrected chi connectivity index (χ0v) is 18.7. The maximum atomic E-state index is 5.61. The summed E-state index contributed by atoms with van der Waals surface area (Å²) >= 11 is 0. The Bertz CT molecular complexity index is 707. The minimum atomic E-state index is 0. The van der Waals surface area contributed by atoms with E-state index in [-0.39, 0.29) is 35.5 Å². The predicted molar refractivity (Wildman–Crippen MR) is 120 cm³/mol. The van der Waals surface area contributed by atoms with Gasteiger partial charge in [0.15, 0.2) is 5.96 Å². The van der Waals surface area contributed by atoms with Crippen LogP contribution in [0.25, 0.3) is 10.9 Å². The Morgan fingerprint density at radius 3 is 2.58 bits per heavy atom. The van der Waals surface area contributed by atoms with Crippen molar-refractivity contribution in [3.63, 3.8) is 0 Å². The molecule has 2 N–H and O–H groups in total. The van der Waals surface area contributed by atoms with Crippen molar-refractivity contribution in [3.8, 4) is 0 Å². The van der Waals surface area contributed by atoms with Gasteiger partial charge >= 0.3 is 0 Å². The molecule has 0 bridgehead atoms. The Hall–Kier alpha value is -1.41. The second-order valence-corrected chi connectivity index (χ2v) is 7.15. The second kappa shape index (κ2) is 10.7. The highest BCUT2D eigenvalue weighted by atomic mass is 127. The molecule has 0 saturated heterocycles. The molecule has 2 aromatic rings. The van der Waals surface area contributed by atoms with Gasteiger partial charge in [-0.3, -0.25) is 4.98 Å². The van der Waals surface area contributed by atoms with Crippen LogP contribution in [0.2, 0.25) is 0 Å². The molecule has 2 rings (SSSR count). The van der Waals surface area contributed by atoms with Crippen molar-refractivity contribution in [3.05, 3.63) is 42.1 Å². The Morgan fingerprint density at radius 2 is 1.92 bits per heavy atom. The van der Waals surface area contributed by atoms with Crippen molar-refractivity contribution >= 4 is 40.8 Å². The molecular weight excluding hydrogens is 439 g/mol. The van der Waals surface area contributed by atoms with Crippen LogP contribution in [-0.2, 0) is 11.3 Å². The molecule has 6 heteroatoms. The molecule has 5 nitrogen and oxygen atoms in total. The number of nitrogens with one attached hydrogen (secondary N) is 2. The van der Waals surface area contributed by atoms with Gasteiger partial charge in [0.1, 0.15) is 0 Å². The number of aliphatic imine (C=N–C) groups is 1. The average Bonchev–Trinajstić information content (AvgIpc) is 2.59. The Balaban J connectivity index is 0.00000338. The summed E-state index contributed by atoms with van der Waals surface area (Å²) in [7, 11) is 1.75. The third kappa shape index (κ3) is 6.39. The first-order valence-electron chi connectivity index (χ1n) is 8.83. The fraction of sp³-hybridized carbons (Fsp3) is 0.500. The standard InChI is InChI=1S/C20H30N4O.HI/c1-6-21-19(24-14-18(25-5)20(2,3)4)23-13-15-11-12-22-17-10-8-7-9-16(15)17;/h7-12,18H,6,13-14H2,1-5H3,(H2,21,23,24);1H. The molecule has 26 heavy (non-hydrogen) atoms. The van der Waals surface area contributed by atoms with Crippen molar-refractivity contribution in [1.29, 1.82) is 0 Å². The van der Waals surface area contributed by atoms with Crippen molar-refractivity contribution in [2.45, 2.75) is 40.3 Å². The van der Waals surface area contributed by atoms with Crippen molar-refractivity contribution in [1.82, 2.24) is 15.6 Å². The summed E-state index contributed by atoms with van der Waals surface area (Å²) < 4.78 is 5.61. The molecule has 1 aromatic carbocycles. The lowest BCUT2D eigenvalue weighted by Gasteiger charge is -2.30. The molecule has 0 aliphatic carbocycles. The largest absolute Gasteiger partial charge is 0.379 e. The Labute approximate surface area is 174 Å². The zero-order chi connectivity index (χ0) is 18.3. The Morgan fingerprint density at radius 1 is 1.19 bits per heavy atom. The second-order valence-electron chi connectivity index (χ2n) is 7.15. The van der Waals surface area contributed by atoms with Gasteiger partial charge in [-0.15, -0.1) is 24.0 Å². The van der Waals surface area contributed by atoms with Crippen LogP contribution >= 0.6 is 24.0 Å². The van der Waals surface area contributed by atoms with Crippen LogP contribution in [0.5, 0.6) is 0 Å². The molecule has 1 atom stereocenters. The van der Waals surface area contributed by atoms with Crippen LogP contribution in [0, 0.1) is 5.41 Å². The molecule has 0 aliphatic heterocycles. The van der Waals surface area contributed by atoms with Gasteiger partial charge in [-0.05, 0) is 30.0 Å². The molecule has 0 fully saturated rings. The first kappa shape index (κ1) is 22.6. The Kier molecular flexibility index (Phi) is 9.29. The SMILES string of the molecule is CCNC(=NCc1ccnc2ccccc12)NCC(OC)C(C)(C)C.I. The molecule has 0 radical (unpaired) electrons. The van der Waals surface area contributed by atoms with Crippen LogP contribution in [0.4, 0.5) is 0 Å². The molecule has 0 saturated carbocycles. The summed E-state index contributed by atoms with van der Waals surface area (Å²) in [5, 5.41) is 7.84. The van der Waals surface area contributed by atoms with Crippen LogP contribution in [0.3, 0.4) is 0 Å². The van der Waals surface area contributed by atoms with Crippen molar-refractivity contribution in [2.24, 2.45) is 10.4 Å². The lowest BCUT2D eigenvalue weighted by Crippen LogP contribution is -2.45. The molecule has 1 aromatic heterocycles. The van der Waals surface area contributed by atoms with Crippen molar-refractivity contribution in [2.75, 3.05) is 20.2 Å². The van der Waals surface area contributed by atoms with Crippen LogP contribution in [0.15, 0.2) is 41.5 Å². The van der Waals surface area contributed by atoms with Gasteiger partial charge in [0.25, 0.3) is 0 Å². The van der Waals surface area contributed by atoms with E-state index in [4.69, 9.17) is 9.73 Å². The summed E-state index contributed by atoms with van der Waals surface area (Å²) in [6.45, 7) is 10.7. The van der Waals surface area contributed by atoms with Crippen LogP contribution in [0.1, 0.15) is 33.3 Å². The van der Waals surface area contributed by atoms with E-state index in [1.54, 1.807) is 7.11 Å². The number of hydrogen-bond donors (Lipinski definition) is 2. The summed E-state index contributed by atoms with van der Waals surface area (Å²) in [5.74, 6) is 0.801. The van der Waals surface area contributed by atoms with Crippen LogP contribution in [-0.4, -0.2) is 37.2 Å². The third-order valence-corrected chi connectivity index (χ3v) is 4.20. The summed E-state index contributed by atoms with van der Waals surface area (Å²) in [6, 6.07) is 10.2. The quantitative estimate of drug-likeness (QED) is 0.381. The zero-order valence-electron chi connectivity index (χ0n) is 16.4. The highest BCUT2D eigenvalue weighted by molar-refractivity contribution is 14.0. The fourth-order valence-corrected chi connectivity index (χ4v) is 2.73. The maximum absolute atomic E-state index is 5.61. The number of methoxy groups -OCH3 is 1. The topological polar surface area (TPSA) is 58.5 Å². The lowest BCUT2D eigenvalue weighted by molar-refractivity contribution is 0.0205. The minimum Gasteiger partial charge on any atom is -0.379 e. The van der Waals surface area contributed by atoms with Gasteiger partial charge < -0.3 is 15.4 Å². The molecular formula is C20H31IN4O. The molecule has 1 heterocycles. The van der Waals surface area contributed by atoms with Gasteiger partial charge in [0.2, 0.25) is 0 Å². The van der Waals surface area contributed by atoms with E-state index in [0.29, 0.717) is 13.1 Å². The fourth-order valence-electron chi connectivity index (χ4n) is 2.73. The number of nitrogens with zero attached hydrogens (tertiary/aromatic N) is 2. The number of fused-ring (bicyclic) bond motifs is 1. The van der Waals surface area contributed by atoms with Gasteiger partial charge in [-0.2, -0.15) is 0 Å². The highest BCUT2D eigenvalue weighted by Gasteiger charge is 2.24. The smallest absolute Gasteiger partial charge is 0.191 e. The third-order valence-electron chi connectivity index (χ3n) is 4.20. The average molecular weight is 470 g/mol.